The van der Waals surface area contributed by atoms with Crippen molar-refractivity contribution in [1.82, 2.24) is 29.9 Å². The number of hydrogen-bond acceptors (Lipinski definition) is 4. The minimum Gasteiger partial charge on any atom is -0.335 e. The van der Waals surface area contributed by atoms with Crippen molar-refractivity contribution in [1.29, 1.82) is 0 Å². The second kappa shape index (κ2) is 5.55. The minimum atomic E-state index is 0.0184. The first-order valence-corrected chi connectivity index (χ1v) is 8.03. The van der Waals surface area contributed by atoms with Crippen molar-refractivity contribution >= 4 is 5.91 Å². The number of likely N-dealkylation sites (tertiary alicyclic amines) is 1. The molecule has 7 heteroatoms. The van der Waals surface area contributed by atoms with E-state index in [1.54, 1.807) is 6.20 Å². The molecule has 1 fully saturated rings. The molecule has 22 heavy (non-hydrogen) atoms. The second-order valence-corrected chi connectivity index (χ2v) is 6.15. The third kappa shape index (κ3) is 2.30. The van der Waals surface area contributed by atoms with Gasteiger partial charge in [0.2, 0.25) is 5.82 Å². The molecule has 0 bridgehead atoms. The summed E-state index contributed by atoms with van der Waals surface area (Å²) in [7, 11) is 0. The van der Waals surface area contributed by atoms with Crippen LogP contribution in [0.3, 0.4) is 0 Å². The van der Waals surface area contributed by atoms with Crippen molar-refractivity contribution in [2.45, 2.75) is 44.6 Å². The highest BCUT2D eigenvalue weighted by Crippen LogP contribution is 2.26. The third-order valence-electron chi connectivity index (χ3n) is 4.72. The van der Waals surface area contributed by atoms with E-state index < -0.39 is 0 Å². The van der Waals surface area contributed by atoms with Crippen LogP contribution in [-0.4, -0.2) is 48.9 Å². The van der Waals surface area contributed by atoms with E-state index in [2.05, 4.69) is 20.4 Å². The van der Waals surface area contributed by atoms with Crippen molar-refractivity contribution in [2.24, 2.45) is 0 Å². The predicted octanol–water partition coefficient (Wildman–Crippen LogP) is 1.36. The Kier molecular flexibility index (Phi) is 3.40. The number of carbonyl (C=O) groups is 1. The number of aromatic amines is 1. The number of hydrogen-bond donors (Lipinski definition) is 1. The van der Waals surface area contributed by atoms with Crippen molar-refractivity contribution in [3.63, 3.8) is 0 Å². The Balaban J connectivity index is 1.54. The molecule has 1 amide bonds. The molecule has 116 valence electrons. The summed E-state index contributed by atoms with van der Waals surface area (Å²) < 4.78 is 2.01. The van der Waals surface area contributed by atoms with E-state index in [1.165, 1.54) is 0 Å². The van der Waals surface area contributed by atoms with Gasteiger partial charge in [-0.05, 0) is 31.7 Å². The number of aryl methyl sites for hydroxylation is 1. The fourth-order valence-electron chi connectivity index (χ4n) is 3.52. The summed E-state index contributed by atoms with van der Waals surface area (Å²) in [5.41, 5.74) is 1.11. The third-order valence-corrected chi connectivity index (χ3v) is 4.72. The first kappa shape index (κ1) is 13.5. The summed E-state index contributed by atoms with van der Waals surface area (Å²) in [6.07, 6.45) is 7.03. The zero-order valence-electron chi connectivity index (χ0n) is 12.5. The van der Waals surface area contributed by atoms with Crippen LogP contribution in [0.4, 0.5) is 0 Å². The Morgan fingerprint density at radius 3 is 3.05 bits per heavy atom. The van der Waals surface area contributed by atoms with Gasteiger partial charge < -0.3 is 9.47 Å². The van der Waals surface area contributed by atoms with E-state index >= 15 is 0 Å². The van der Waals surface area contributed by atoms with Gasteiger partial charge in [-0.15, -0.1) is 10.2 Å². The smallest absolute Gasteiger partial charge is 0.291 e. The molecule has 2 aliphatic rings. The van der Waals surface area contributed by atoms with Crippen LogP contribution in [0.1, 0.15) is 53.7 Å². The van der Waals surface area contributed by atoms with Crippen LogP contribution >= 0.6 is 0 Å². The van der Waals surface area contributed by atoms with Crippen molar-refractivity contribution in [3.05, 3.63) is 29.6 Å². The summed E-state index contributed by atoms with van der Waals surface area (Å²) in [6.45, 7) is 2.39. The van der Waals surface area contributed by atoms with Crippen LogP contribution in [0.2, 0.25) is 0 Å². The van der Waals surface area contributed by atoms with Gasteiger partial charge in [0.05, 0.1) is 0 Å². The Morgan fingerprint density at radius 1 is 1.23 bits per heavy atom. The fourth-order valence-corrected chi connectivity index (χ4v) is 3.52. The number of amides is 1. The first-order chi connectivity index (χ1) is 10.8. The zero-order chi connectivity index (χ0) is 14.9. The average molecular weight is 300 g/mol. The Bertz CT molecular complexity index is 662. The molecular formula is C15H20N6O. The van der Waals surface area contributed by atoms with Gasteiger partial charge in [0.15, 0.2) is 0 Å². The number of nitrogens with zero attached hydrogens (tertiary/aromatic N) is 5. The lowest BCUT2D eigenvalue weighted by Crippen LogP contribution is -2.40. The van der Waals surface area contributed by atoms with Gasteiger partial charge in [0, 0.05) is 43.9 Å². The van der Waals surface area contributed by atoms with Crippen LogP contribution < -0.4 is 0 Å². The minimum absolute atomic E-state index is 0.0184. The molecule has 1 N–H and O–H groups in total. The number of fused-ring (bicyclic) bond motifs is 1. The normalized spacial score (nSPS) is 21.6. The summed E-state index contributed by atoms with van der Waals surface area (Å²) in [4.78, 5) is 14.7. The molecule has 2 aromatic heterocycles. The molecule has 0 spiro atoms. The highest BCUT2D eigenvalue weighted by Gasteiger charge is 2.30. The van der Waals surface area contributed by atoms with E-state index in [4.69, 9.17) is 0 Å². The fraction of sp³-hybridized carbons (Fsp3) is 0.600. The lowest BCUT2D eigenvalue weighted by molar-refractivity contribution is 0.0686. The van der Waals surface area contributed by atoms with E-state index in [-0.39, 0.29) is 5.91 Å². The Labute approximate surface area is 128 Å². The largest absolute Gasteiger partial charge is 0.335 e. The lowest BCUT2D eigenvalue weighted by Gasteiger charge is -2.32. The van der Waals surface area contributed by atoms with Crippen LogP contribution in [0.15, 0.2) is 12.3 Å². The number of carbonyl (C=O) groups excluding carboxylic acids is 1. The van der Waals surface area contributed by atoms with E-state index in [0.717, 1.165) is 63.3 Å². The predicted molar refractivity (Wildman–Crippen MR) is 79.4 cm³/mol. The van der Waals surface area contributed by atoms with Crippen molar-refractivity contribution in [2.75, 3.05) is 13.1 Å². The number of piperidine rings is 1. The van der Waals surface area contributed by atoms with Gasteiger partial charge in [-0.3, -0.25) is 9.89 Å². The van der Waals surface area contributed by atoms with Crippen LogP contribution in [0.5, 0.6) is 0 Å². The molecule has 2 aliphatic heterocycles. The molecule has 1 atom stereocenters. The maximum absolute atomic E-state index is 12.8. The topological polar surface area (TPSA) is 79.7 Å². The highest BCUT2D eigenvalue weighted by molar-refractivity contribution is 5.90. The molecule has 4 rings (SSSR count). The standard InChI is InChI=1S/C15H20N6O/c22-15(14-19-18-13-5-1-2-9-21(13)14)20-8-3-4-11(10-20)12-6-7-16-17-12/h6-7,11H,1-5,8-10H2,(H,16,17)/t11-/m0/s1. The van der Waals surface area contributed by atoms with Crippen molar-refractivity contribution < 1.29 is 4.79 Å². The van der Waals surface area contributed by atoms with Crippen molar-refractivity contribution in [3.8, 4) is 0 Å². The molecule has 1 saturated heterocycles. The number of nitrogens with one attached hydrogen (secondary N) is 1. The summed E-state index contributed by atoms with van der Waals surface area (Å²) in [5.74, 6) is 1.82. The SMILES string of the molecule is O=C(c1nnc2n1CCCC2)N1CCC[C@H](c2ccn[nH]2)C1. The van der Waals surface area contributed by atoms with E-state index in [1.807, 2.05) is 15.5 Å². The Hall–Kier alpha value is -2.18. The van der Waals surface area contributed by atoms with Gasteiger partial charge in [-0.25, -0.2) is 0 Å². The molecule has 0 radical (unpaired) electrons. The Morgan fingerprint density at radius 2 is 2.18 bits per heavy atom. The maximum Gasteiger partial charge on any atom is 0.291 e. The lowest BCUT2D eigenvalue weighted by atomic mass is 9.95. The summed E-state index contributed by atoms with van der Waals surface area (Å²) in [5, 5.41) is 15.4. The number of rotatable bonds is 2. The van der Waals surface area contributed by atoms with Crippen LogP contribution in [-0.2, 0) is 13.0 Å². The van der Waals surface area contributed by atoms with Gasteiger partial charge in [0.25, 0.3) is 5.91 Å². The average Bonchev–Trinajstić information content (AvgIpc) is 3.24. The quantitative estimate of drug-likeness (QED) is 0.908. The van der Waals surface area contributed by atoms with E-state index in [9.17, 15) is 4.79 Å². The second-order valence-electron chi connectivity index (χ2n) is 6.15. The van der Waals surface area contributed by atoms with Gasteiger partial charge >= 0.3 is 0 Å². The van der Waals surface area contributed by atoms with Gasteiger partial charge in [-0.2, -0.15) is 5.10 Å². The van der Waals surface area contributed by atoms with Crippen LogP contribution in [0.25, 0.3) is 0 Å². The maximum atomic E-state index is 12.8. The molecule has 2 aromatic rings. The molecule has 7 nitrogen and oxygen atoms in total. The molecule has 4 heterocycles. The number of aromatic nitrogens is 5. The van der Waals surface area contributed by atoms with Gasteiger partial charge in [0.1, 0.15) is 5.82 Å². The zero-order valence-corrected chi connectivity index (χ0v) is 12.5. The monoisotopic (exact) mass is 300 g/mol. The molecule has 0 unspecified atom stereocenters. The summed E-state index contributed by atoms with van der Waals surface area (Å²) in [6, 6.07) is 2.00. The van der Waals surface area contributed by atoms with Gasteiger partial charge in [-0.1, -0.05) is 0 Å². The highest BCUT2D eigenvalue weighted by atomic mass is 16.2. The molecular weight excluding hydrogens is 280 g/mol. The molecule has 0 saturated carbocycles. The summed E-state index contributed by atoms with van der Waals surface area (Å²) >= 11 is 0. The molecule has 0 aliphatic carbocycles. The molecule has 0 aromatic carbocycles. The first-order valence-electron chi connectivity index (χ1n) is 8.03. The number of H-pyrrole nitrogens is 1. The van der Waals surface area contributed by atoms with E-state index in [0.29, 0.717) is 11.7 Å². The van der Waals surface area contributed by atoms with Crippen LogP contribution in [0, 0.1) is 0 Å².